The van der Waals surface area contributed by atoms with Gasteiger partial charge >= 0.3 is 0 Å². The van der Waals surface area contributed by atoms with E-state index in [1.165, 1.54) is 18.4 Å². The van der Waals surface area contributed by atoms with Gasteiger partial charge in [-0.2, -0.15) is 4.98 Å². The highest BCUT2D eigenvalue weighted by Gasteiger charge is 2.34. The minimum Gasteiger partial charge on any atom is -0.349 e. The number of piperidine rings is 1. The van der Waals surface area contributed by atoms with Crippen molar-refractivity contribution in [2.75, 3.05) is 19.8 Å². The lowest BCUT2D eigenvalue weighted by molar-refractivity contribution is -0.112. The first kappa shape index (κ1) is 15.7. The molecule has 2 aliphatic heterocycles. The third-order valence-corrected chi connectivity index (χ3v) is 4.68. The predicted octanol–water partition coefficient (Wildman–Crippen LogP) is 2.39. The van der Waals surface area contributed by atoms with Crippen molar-refractivity contribution in [3.8, 4) is 0 Å². The third-order valence-electron chi connectivity index (χ3n) is 4.68. The van der Waals surface area contributed by atoms with E-state index >= 15 is 0 Å². The highest BCUT2D eigenvalue weighted by molar-refractivity contribution is 5.18. The molecule has 0 radical (unpaired) electrons. The number of rotatable bonds is 5. The van der Waals surface area contributed by atoms with Gasteiger partial charge in [0.25, 0.3) is 0 Å². The molecule has 6 heteroatoms. The molecule has 0 bridgehead atoms. The molecular weight excluding hydrogens is 306 g/mol. The maximum Gasteiger partial charge on any atom is 0.240 e. The number of ether oxygens (including phenoxy) is 2. The van der Waals surface area contributed by atoms with Crippen molar-refractivity contribution < 1.29 is 14.0 Å². The van der Waals surface area contributed by atoms with Crippen LogP contribution in [-0.2, 0) is 22.4 Å². The zero-order chi connectivity index (χ0) is 16.2. The minimum atomic E-state index is -0.114. The van der Waals surface area contributed by atoms with Crippen molar-refractivity contribution >= 4 is 0 Å². The van der Waals surface area contributed by atoms with E-state index in [-0.39, 0.29) is 12.3 Å². The zero-order valence-corrected chi connectivity index (χ0v) is 13.8. The summed E-state index contributed by atoms with van der Waals surface area (Å²) in [6.45, 7) is 3.06. The van der Waals surface area contributed by atoms with Crippen molar-refractivity contribution in [1.29, 1.82) is 0 Å². The Bertz CT molecular complexity index is 640. The summed E-state index contributed by atoms with van der Waals surface area (Å²) < 4.78 is 16.9. The summed E-state index contributed by atoms with van der Waals surface area (Å²) in [7, 11) is 0. The monoisotopic (exact) mass is 329 g/mol. The fraction of sp³-hybridized carbons (Fsp3) is 0.556. The first-order chi connectivity index (χ1) is 11.9. The van der Waals surface area contributed by atoms with Gasteiger partial charge in [0.05, 0.1) is 25.8 Å². The summed E-state index contributed by atoms with van der Waals surface area (Å²) in [6, 6.07) is 10.5. The Hall–Kier alpha value is -1.76. The van der Waals surface area contributed by atoms with Crippen LogP contribution >= 0.6 is 0 Å². The van der Waals surface area contributed by atoms with Crippen LogP contribution in [0.25, 0.3) is 0 Å². The van der Waals surface area contributed by atoms with Crippen molar-refractivity contribution in [1.82, 2.24) is 15.0 Å². The lowest BCUT2D eigenvalue weighted by atomic mass is 10.0. The molecule has 0 N–H and O–H groups in total. The predicted molar refractivity (Wildman–Crippen MR) is 87.3 cm³/mol. The highest BCUT2D eigenvalue weighted by atomic mass is 16.7. The summed E-state index contributed by atoms with van der Waals surface area (Å²) in [5.74, 6) is 1.41. The molecule has 0 aliphatic carbocycles. The average Bonchev–Trinajstić information content (AvgIpc) is 3.29. The Morgan fingerprint density at radius 3 is 2.75 bits per heavy atom. The van der Waals surface area contributed by atoms with E-state index in [0.717, 1.165) is 18.8 Å². The standard InChI is InChI=1S/C18H23N3O3/c1-2-6-14(7-3-1)12-16-19-17(24-20-16)13-21-9-5-4-8-15(21)18-22-10-11-23-18/h1-3,6-7,15,18H,4-5,8-13H2/t15-/m0/s1. The fourth-order valence-corrected chi connectivity index (χ4v) is 3.50. The van der Waals surface area contributed by atoms with E-state index in [9.17, 15) is 0 Å². The molecule has 24 heavy (non-hydrogen) atoms. The summed E-state index contributed by atoms with van der Waals surface area (Å²) >= 11 is 0. The number of likely N-dealkylation sites (tertiary alicyclic amines) is 1. The third kappa shape index (κ3) is 3.66. The maximum atomic E-state index is 5.71. The molecule has 0 amide bonds. The van der Waals surface area contributed by atoms with Crippen molar-refractivity contribution in [2.24, 2.45) is 0 Å². The van der Waals surface area contributed by atoms with E-state index in [0.29, 0.717) is 32.1 Å². The van der Waals surface area contributed by atoms with Gasteiger partial charge in [-0.1, -0.05) is 41.9 Å². The van der Waals surface area contributed by atoms with E-state index in [2.05, 4.69) is 27.2 Å². The van der Waals surface area contributed by atoms with Crippen LogP contribution in [0.3, 0.4) is 0 Å². The Morgan fingerprint density at radius 1 is 1.08 bits per heavy atom. The van der Waals surface area contributed by atoms with Crippen LogP contribution in [0, 0.1) is 0 Å². The van der Waals surface area contributed by atoms with Gasteiger partial charge in [0.1, 0.15) is 0 Å². The van der Waals surface area contributed by atoms with Crippen LogP contribution in [0.4, 0.5) is 0 Å². The van der Waals surface area contributed by atoms with E-state index < -0.39 is 0 Å². The summed E-state index contributed by atoms with van der Waals surface area (Å²) in [6.07, 6.45) is 4.08. The Kier molecular flexibility index (Phi) is 4.87. The van der Waals surface area contributed by atoms with E-state index in [1.807, 2.05) is 18.2 Å². The number of benzene rings is 1. The molecule has 1 atom stereocenters. The topological polar surface area (TPSA) is 60.6 Å². The van der Waals surface area contributed by atoms with Crippen LogP contribution in [0.2, 0.25) is 0 Å². The molecule has 2 fully saturated rings. The number of aromatic nitrogens is 2. The molecule has 128 valence electrons. The van der Waals surface area contributed by atoms with Crippen LogP contribution < -0.4 is 0 Å². The van der Waals surface area contributed by atoms with Gasteiger partial charge in [-0.15, -0.1) is 0 Å². The van der Waals surface area contributed by atoms with Gasteiger partial charge in [-0.25, -0.2) is 0 Å². The highest BCUT2D eigenvalue weighted by Crippen LogP contribution is 2.25. The van der Waals surface area contributed by atoms with Gasteiger partial charge in [-0.05, 0) is 24.9 Å². The van der Waals surface area contributed by atoms with Crippen molar-refractivity contribution in [2.45, 2.75) is 44.6 Å². The smallest absolute Gasteiger partial charge is 0.240 e. The lowest BCUT2D eigenvalue weighted by Gasteiger charge is -2.36. The summed E-state index contributed by atoms with van der Waals surface area (Å²) in [4.78, 5) is 6.92. The summed E-state index contributed by atoms with van der Waals surface area (Å²) in [5, 5.41) is 4.12. The molecule has 1 aromatic heterocycles. The van der Waals surface area contributed by atoms with Gasteiger partial charge in [0.15, 0.2) is 12.1 Å². The second-order valence-electron chi connectivity index (χ2n) is 6.41. The van der Waals surface area contributed by atoms with E-state index in [1.54, 1.807) is 0 Å². The van der Waals surface area contributed by atoms with Crippen LogP contribution in [0.5, 0.6) is 0 Å². The molecule has 0 spiro atoms. The van der Waals surface area contributed by atoms with Gasteiger partial charge in [0, 0.05) is 6.42 Å². The number of hydrogen-bond acceptors (Lipinski definition) is 6. The maximum absolute atomic E-state index is 5.71. The fourth-order valence-electron chi connectivity index (χ4n) is 3.50. The Balaban J connectivity index is 1.40. The second-order valence-corrected chi connectivity index (χ2v) is 6.41. The van der Waals surface area contributed by atoms with Crippen molar-refractivity contribution in [3.05, 3.63) is 47.6 Å². The largest absolute Gasteiger partial charge is 0.349 e. The molecule has 1 aromatic carbocycles. The molecular formula is C18H23N3O3. The van der Waals surface area contributed by atoms with E-state index in [4.69, 9.17) is 14.0 Å². The van der Waals surface area contributed by atoms with Crippen molar-refractivity contribution in [3.63, 3.8) is 0 Å². The molecule has 2 aromatic rings. The van der Waals surface area contributed by atoms with Crippen LogP contribution in [-0.4, -0.2) is 47.1 Å². The van der Waals surface area contributed by atoms with Crippen LogP contribution in [0.1, 0.15) is 36.5 Å². The molecule has 2 saturated heterocycles. The first-order valence-corrected chi connectivity index (χ1v) is 8.71. The van der Waals surface area contributed by atoms with Gasteiger partial charge < -0.3 is 14.0 Å². The average molecular weight is 329 g/mol. The molecule has 6 nitrogen and oxygen atoms in total. The number of hydrogen-bond donors (Lipinski definition) is 0. The number of nitrogens with zero attached hydrogens (tertiary/aromatic N) is 3. The molecule has 0 unspecified atom stereocenters. The Labute approximate surface area is 141 Å². The molecule has 0 saturated carbocycles. The van der Waals surface area contributed by atoms with Gasteiger partial charge in [0.2, 0.25) is 5.89 Å². The SMILES string of the molecule is c1ccc(Cc2noc(CN3CCCC[C@H]3C3OCCO3)n2)cc1. The second kappa shape index (κ2) is 7.42. The molecule has 2 aliphatic rings. The summed E-state index contributed by atoms with van der Waals surface area (Å²) in [5.41, 5.74) is 1.19. The Morgan fingerprint density at radius 2 is 1.92 bits per heavy atom. The zero-order valence-electron chi connectivity index (χ0n) is 13.8. The van der Waals surface area contributed by atoms with Crippen LogP contribution in [0.15, 0.2) is 34.9 Å². The normalized spacial score (nSPS) is 22.9. The lowest BCUT2D eigenvalue weighted by Crippen LogP contribution is -2.46. The molecule has 3 heterocycles. The molecule has 4 rings (SSSR count). The van der Waals surface area contributed by atoms with Gasteiger partial charge in [-0.3, -0.25) is 4.90 Å². The minimum absolute atomic E-state index is 0.114. The first-order valence-electron chi connectivity index (χ1n) is 8.71. The quantitative estimate of drug-likeness (QED) is 0.839.